The van der Waals surface area contributed by atoms with Crippen molar-refractivity contribution < 1.29 is 0 Å². The van der Waals surface area contributed by atoms with Gasteiger partial charge in [-0.1, -0.05) is 49.4 Å². The Bertz CT molecular complexity index is 732. The summed E-state index contributed by atoms with van der Waals surface area (Å²) in [4.78, 5) is 4.51. The topological polar surface area (TPSA) is 50.7 Å². The smallest absolute Gasteiger partial charge is 0.166 e. The van der Waals surface area contributed by atoms with Crippen LogP contribution in [0.15, 0.2) is 36.5 Å². The summed E-state index contributed by atoms with van der Waals surface area (Å²) in [5.41, 5.74) is 0.920. The second kappa shape index (κ2) is 6.28. The third-order valence-corrected chi connectivity index (χ3v) is 4.52. The Labute approximate surface area is 128 Å². The van der Waals surface area contributed by atoms with E-state index in [1.807, 2.05) is 24.4 Å². The minimum atomic E-state index is 0.274. The summed E-state index contributed by atoms with van der Waals surface area (Å²) >= 11 is 1.63. The lowest BCUT2D eigenvalue weighted by Gasteiger charge is -2.10. The number of hydrogen-bond donors (Lipinski definition) is 1. The number of aromatic nitrogens is 3. The Kier molecular flexibility index (Phi) is 4.22. The van der Waals surface area contributed by atoms with Crippen LogP contribution >= 0.6 is 11.3 Å². The highest BCUT2D eigenvalue weighted by Gasteiger charge is 2.16. The maximum Gasteiger partial charge on any atom is 0.166 e. The zero-order valence-electron chi connectivity index (χ0n) is 12.2. The van der Waals surface area contributed by atoms with Crippen LogP contribution in [0, 0.1) is 0 Å². The third kappa shape index (κ3) is 2.80. The van der Waals surface area contributed by atoms with E-state index in [9.17, 15) is 0 Å². The van der Waals surface area contributed by atoms with Gasteiger partial charge in [0, 0.05) is 11.6 Å². The van der Waals surface area contributed by atoms with Crippen molar-refractivity contribution in [1.82, 2.24) is 20.5 Å². The Morgan fingerprint density at radius 3 is 2.81 bits per heavy atom. The van der Waals surface area contributed by atoms with Gasteiger partial charge in [0.25, 0.3) is 0 Å². The molecule has 0 aliphatic rings. The minimum Gasteiger partial charge on any atom is -0.308 e. The molecule has 3 aromatic rings. The third-order valence-electron chi connectivity index (χ3n) is 3.47. The molecular weight excluding hydrogens is 280 g/mol. The SMILES string of the molecule is CCNC(CC)c1nnc(-c2nccc3ccccc23)s1. The minimum absolute atomic E-state index is 0.274. The standard InChI is InChI=1S/C16H18N4S/c1-3-13(17-4-2)15-19-20-16(21-15)14-12-8-6-5-7-11(12)9-10-18-14/h5-10,13,17H,3-4H2,1-2H3. The van der Waals surface area contributed by atoms with E-state index in [1.165, 1.54) is 5.39 Å². The lowest BCUT2D eigenvalue weighted by Crippen LogP contribution is -2.19. The summed E-state index contributed by atoms with van der Waals surface area (Å²) in [6.45, 7) is 5.20. The van der Waals surface area contributed by atoms with Crippen molar-refractivity contribution in [2.24, 2.45) is 0 Å². The van der Waals surface area contributed by atoms with Gasteiger partial charge in [-0.15, -0.1) is 10.2 Å². The summed E-state index contributed by atoms with van der Waals surface area (Å²) in [5.74, 6) is 0. The molecule has 4 nitrogen and oxygen atoms in total. The molecule has 0 saturated carbocycles. The van der Waals surface area contributed by atoms with Crippen LogP contribution in [0.2, 0.25) is 0 Å². The highest BCUT2D eigenvalue weighted by Crippen LogP contribution is 2.31. The molecule has 2 aromatic heterocycles. The molecule has 108 valence electrons. The van der Waals surface area contributed by atoms with Crippen LogP contribution in [-0.2, 0) is 0 Å². The summed E-state index contributed by atoms with van der Waals surface area (Å²) in [5, 5.41) is 16.4. The predicted octanol–water partition coefficient (Wildman–Crippen LogP) is 3.81. The molecule has 0 aliphatic heterocycles. The van der Waals surface area contributed by atoms with Crippen molar-refractivity contribution in [2.75, 3.05) is 6.54 Å². The summed E-state index contributed by atoms with van der Waals surface area (Å²) < 4.78 is 0. The van der Waals surface area contributed by atoms with Crippen molar-refractivity contribution in [3.05, 3.63) is 41.5 Å². The van der Waals surface area contributed by atoms with Gasteiger partial charge in [0.05, 0.1) is 6.04 Å². The fourth-order valence-corrected chi connectivity index (χ4v) is 3.43. The first-order chi connectivity index (χ1) is 10.3. The lowest BCUT2D eigenvalue weighted by molar-refractivity contribution is 0.531. The molecular formula is C16H18N4S. The van der Waals surface area contributed by atoms with Gasteiger partial charge in [0.2, 0.25) is 0 Å². The largest absolute Gasteiger partial charge is 0.308 e. The van der Waals surface area contributed by atoms with Gasteiger partial charge >= 0.3 is 0 Å². The Morgan fingerprint density at radius 2 is 2.00 bits per heavy atom. The first kappa shape index (κ1) is 14.1. The molecule has 1 aromatic carbocycles. The van der Waals surface area contributed by atoms with Crippen molar-refractivity contribution in [3.8, 4) is 10.7 Å². The van der Waals surface area contributed by atoms with Gasteiger partial charge in [-0.25, -0.2) is 0 Å². The van der Waals surface area contributed by atoms with E-state index in [0.717, 1.165) is 34.1 Å². The summed E-state index contributed by atoms with van der Waals surface area (Å²) in [7, 11) is 0. The molecule has 1 atom stereocenters. The quantitative estimate of drug-likeness (QED) is 0.778. The Balaban J connectivity index is 2.02. The highest BCUT2D eigenvalue weighted by atomic mass is 32.1. The molecule has 21 heavy (non-hydrogen) atoms. The van der Waals surface area contributed by atoms with E-state index in [0.29, 0.717) is 0 Å². The molecule has 1 unspecified atom stereocenters. The first-order valence-electron chi connectivity index (χ1n) is 7.24. The molecule has 0 aliphatic carbocycles. The fourth-order valence-electron chi connectivity index (χ4n) is 2.41. The van der Waals surface area contributed by atoms with E-state index in [1.54, 1.807) is 11.3 Å². The van der Waals surface area contributed by atoms with E-state index in [-0.39, 0.29) is 6.04 Å². The summed E-state index contributed by atoms with van der Waals surface area (Å²) in [6, 6.07) is 10.5. The normalized spacial score (nSPS) is 12.7. The lowest BCUT2D eigenvalue weighted by atomic mass is 10.1. The van der Waals surface area contributed by atoms with Crippen LogP contribution in [0.5, 0.6) is 0 Å². The Hall–Kier alpha value is -1.85. The van der Waals surface area contributed by atoms with Crippen LogP contribution in [0.3, 0.4) is 0 Å². The van der Waals surface area contributed by atoms with Crippen LogP contribution in [0.4, 0.5) is 0 Å². The molecule has 2 heterocycles. The molecule has 0 radical (unpaired) electrons. The van der Waals surface area contributed by atoms with E-state index < -0.39 is 0 Å². The Morgan fingerprint density at radius 1 is 1.14 bits per heavy atom. The van der Waals surface area contributed by atoms with Crippen LogP contribution in [0.1, 0.15) is 31.3 Å². The number of pyridine rings is 1. The number of hydrogen-bond acceptors (Lipinski definition) is 5. The zero-order valence-corrected chi connectivity index (χ0v) is 13.0. The number of fused-ring (bicyclic) bond motifs is 1. The maximum atomic E-state index is 4.51. The maximum absolute atomic E-state index is 4.51. The highest BCUT2D eigenvalue weighted by molar-refractivity contribution is 7.14. The predicted molar refractivity (Wildman–Crippen MR) is 87.4 cm³/mol. The zero-order chi connectivity index (χ0) is 14.7. The fraction of sp³-hybridized carbons (Fsp3) is 0.312. The average Bonchev–Trinajstić information content (AvgIpc) is 3.01. The molecule has 1 N–H and O–H groups in total. The number of nitrogens with one attached hydrogen (secondary N) is 1. The van der Waals surface area contributed by atoms with Gasteiger partial charge < -0.3 is 5.32 Å². The molecule has 5 heteroatoms. The number of benzene rings is 1. The van der Waals surface area contributed by atoms with E-state index >= 15 is 0 Å². The molecule has 0 bridgehead atoms. The van der Waals surface area contributed by atoms with Crippen molar-refractivity contribution in [1.29, 1.82) is 0 Å². The van der Waals surface area contributed by atoms with Crippen LogP contribution in [-0.4, -0.2) is 21.7 Å². The second-order valence-corrected chi connectivity index (χ2v) is 5.85. The molecule has 0 spiro atoms. The van der Waals surface area contributed by atoms with E-state index in [2.05, 4.69) is 46.5 Å². The molecule has 0 fully saturated rings. The van der Waals surface area contributed by atoms with Crippen LogP contribution in [0.25, 0.3) is 21.5 Å². The second-order valence-electron chi connectivity index (χ2n) is 4.84. The summed E-state index contributed by atoms with van der Waals surface area (Å²) in [6.07, 6.45) is 2.84. The first-order valence-corrected chi connectivity index (χ1v) is 8.06. The van der Waals surface area contributed by atoms with E-state index in [4.69, 9.17) is 0 Å². The van der Waals surface area contributed by atoms with Crippen molar-refractivity contribution in [2.45, 2.75) is 26.3 Å². The molecule has 0 amide bonds. The molecule has 0 saturated heterocycles. The van der Waals surface area contributed by atoms with Gasteiger partial charge in [-0.2, -0.15) is 0 Å². The average molecular weight is 298 g/mol. The number of nitrogens with zero attached hydrogens (tertiary/aromatic N) is 3. The van der Waals surface area contributed by atoms with Gasteiger partial charge in [0.1, 0.15) is 10.7 Å². The van der Waals surface area contributed by atoms with Crippen molar-refractivity contribution >= 4 is 22.1 Å². The van der Waals surface area contributed by atoms with Gasteiger partial charge in [0.15, 0.2) is 5.01 Å². The monoisotopic (exact) mass is 298 g/mol. The van der Waals surface area contributed by atoms with Crippen LogP contribution < -0.4 is 5.32 Å². The van der Waals surface area contributed by atoms with Gasteiger partial charge in [-0.05, 0) is 24.4 Å². The van der Waals surface area contributed by atoms with Gasteiger partial charge in [-0.3, -0.25) is 4.98 Å². The molecule has 3 rings (SSSR count). The number of rotatable bonds is 5. The van der Waals surface area contributed by atoms with Crippen molar-refractivity contribution in [3.63, 3.8) is 0 Å².